The SMILES string of the molecule is C[C@@H]1OO[C@](c2ccccc2)(C(F)(F)F)O1. The van der Waals surface area contributed by atoms with Gasteiger partial charge in [-0.3, -0.25) is 0 Å². The van der Waals surface area contributed by atoms with Crippen molar-refractivity contribution in [3.05, 3.63) is 35.9 Å². The first-order chi connectivity index (χ1) is 7.46. The van der Waals surface area contributed by atoms with Gasteiger partial charge in [0, 0.05) is 5.56 Å². The summed E-state index contributed by atoms with van der Waals surface area (Å²) in [4.78, 5) is 8.76. The van der Waals surface area contributed by atoms with Gasteiger partial charge in [-0.1, -0.05) is 30.3 Å². The van der Waals surface area contributed by atoms with Gasteiger partial charge in [0.25, 0.3) is 0 Å². The van der Waals surface area contributed by atoms with Crippen LogP contribution in [0.2, 0.25) is 0 Å². The van der Waals surface area contributed by atoms with E-state index >= 15 is 0 Å². The van der Waals surface area contributed by atoms with Crippen molar-refractivity contribution in [2.24, 2.45) is 0 Å². The summed E-state index contributed by atoms with van der Waals surface area (Å²) in [5, 5.41) is 0. The summed E-state index contributed by atoms with van der Waals surface area (Å²) in [6, 6.07) is 7.09. The monoisotopic (exact) mass is 234 g/mol. The molecular weight excluding hydrogens is 225 g/mol. The van der Waals surface area contributed by atoms with Crippen molar-refractivity contribution in [1.29, 1.82) is 0 Å². The molecule has 6 heteroatoms. The first-order valence-corrected chi connectivity index (χ1v) is 4.60. The van der Waals surface area contributed by atoms with Crippen LogP contribution in [0.25, 0.3) is 0 Å². The Kier molecular flexibility index (Phi) is 2.65. The summed E-state index contributed by atoms with van der Waals surface area (Å²) >= 11 is 0. The second-order valence-electron chi connectivity index (χ2n) is 3.35. The van der Waals surface area contributed by atoms with Crippen LogP contribution in [-0.2, 0) is 20.3 Å². The Labute approximate surface area is 89.7 Å². The molecule has 1 aliphatic rings. The van der Waals surface area contributed by atoms with E-state index < -0.39 is 18.3 Å². The average molecular weight is 234 g/mol. The van der Waals surface area contributed by atoms with Gasteiger partial charge in [-0.2, -0.15) is 18.1 Å². The van der Waals surface area contributed by atoms with E-state index in [1.807, 2.05) is 0 Å². The zero-order valence-electron chi connectivity index (χ0n) is 8.32. The zero-order chi connectivity index (χ0) is 11.8. The summed E-state index contributed by atoms with van der Waals surface area (Å²) in [5.74, 6) is -2.83. The van der Waals surface area contributed by atoms with Crippen molar-refractivity contribution in [2.75, 3.05) is 0 Å². The van der Waals surface area contributed by atoms with Crippen molar-refractivity contribution in [2.45, 2.75) is 25.2 Å². The van der Waals surface area contributed by atoms with Crippen LogP contribution < -0.4 is 0 Å². The standard InChI is InChI=1S/C10H9F3O3/c1-7-14-9(16-15-7,10(11,12)13)8-5-3-2-4-6-8/h2-7H,1H3/t7-,9+/m0/s1. The lowest BCUT2D eigenvalue weighted by Gasteiger charge is -2.27. The maximum Gasteiger partial charge on any atom is 0.451 e. The first-order valence-electron chi connectivity index (χ1n) is 4.60. The van der Waals surface area contributed by atoms with Crippen molar-refractivity contribution in [3.8, 4) is 0 Å². The van der Waals surface area contributed by atoms with Gasteiger partial charge < -0.3 is 4.74 Å². The molecule has 0 aliphatic carbocycles. The second-order valence-corrected chi connectivity index (χ2v) is 3.35. The van der Waals surface area contributed by atoms with E-state index in [1.54, 1.807) is 6.07 Å². The summed E-state index contributed by atoms with van der Waals surface area (Å²) in [6.07, 6.45) is -5.78. The minimum atomic E-state index is -4.71. The lowest BCUT2D eigenvalue weighted by atomic mass is 10.1. The zero-order valence-corrected chi connectivity index (χ0v) is 8.32. The third-order valence-corrected chi connectivity index (χ3v) is 2.16. The Balaban J connectivity index is 2.45. The fourth-order valence-electron chi connectivity index (χ4n) is 1.46. The molecule has 0 amide bonds. The molecule has 0 bridgehead atoms. The van der Waals surface area contributed by atoms with Gasteiger partial charge in [-0.15, -0.1) is 0 Å². The summed E-state index contributed by atoms with van der Waals surface area (Å²) in [6.45, 7) is 1.33. The van der Waals surface area contributed by atoms with E-state index in [-0.39, 0.29) is 5.56 Å². The van der Waals surface area contributed by atoms with E-state index in [9.17, 15) is 13.2 Å². The Morgan fingerprint density at radius 2 is 1.81 bits per heavy atom. The largest absolute Gasteiger partial charge is 0.451 e. The van der Waals surface area contributed by atoms with Gasteiger partial charge in [-0.25, -0.2) is 4.89 Å². The van der Waals surface area contributed by atoms with Crippen LogP contribution in [0, 0.1) is 0 Å². The Morgan fingerprint density at radius 1 is 1.19 bits per heavy atom. The van der Waals surface area contributed by atoms with Crippen LogP contribution in [0.1, 0.15) is 12.5 Å². The Morgan fingerprint density at radius 3 is 2.25 bits per heavy atom. The van der Waals surface area contributed by atoms with E-state index in [0.29, 0.717) is 0 Å². The number of benzene rings is 1. The number of hydrogen-bond donors (Lipinski definition) is 0. The lowest BCUT2D eigenvalue weighted by molar-refractivity contribution is -0.419. The molecule has 0 N–H and O–H groups in total. The minimum Gasteiger partial charge on any atom is -0.304 e. The molecule has 1 aromatic carbocycles. The molecule has 0 spiro atoms. The van der Waals surface area contributed by atoms with Gasteiger partial charge >= 0.3 is 12.0 Å². The van der Waals surface area contributed by atoms with Gasteiger partial charge in [0.2, 0.25) is 0 Å². The molecule has 88 valence electrons. The number of halogens is 3. The average Bonchev–Trinajstić information content (AvgIpc) is 2.62. The summed E-state index contributed by atoms with van der Waals surface area (Å²) < 4.78 is 43.6. The van der Waals surface area contributed by atoms with Crippen LogP contribution in [0.4, 0.5) is 13.2 Å². The topological polar surface area (TPSA) is 27.7 Å². The smallest absolute Gasteiger partial charge is 0.304 e. The van der Waals surface area contributed by atoms with Crippen LogP contribution in [0.3, 0.4) is 0 Å². The minimum absolute atomic E-state index is 0.146. The Hall–Kier alpha value is -1.11. The highest BCUT2D eigenvalue weighted by molar-refractivity contribution is 5.22. The summed E-state index contributed by atoms with van der Waals surface area (Å²) in [5.41, 5.74) is -0.146. The van der Waals surface area contributed by atoms with Gasteiger partial charge in [0.1, 0.15) is 0 Å². The fourth-order valence-corrected chi connectivity index (χ4v) is 1.46. The predicted octanol–water partition coefficient (Wildman–Crippen LogP) is 2.73. The Bertz CT molecular complexity index is 365. The normalized spacial score (nSPS) is 30.6. The third-order valence-electron chi connectivity index (χ3n) is 2.16. The first kappa shape index (κ1) is 11.4. The quantitative estimate of drug-likeness (QED) is 0.699. The molecule has 1 aromatic rings. The predicted molar refractivity (Wildman–Crippen MR) is 46.9 cm³/mol. The molecule has 3 nitrogen and oxygen atoms in total. The third kappa shape index (κ3) is 1.68. The molecule has 1 saturated heterocycles. The molecule has 2 atom stereocenters. The second kappa shape index (κ2) is 3.73. The molecule has 1 heterocycles. The van der Waals surface area contributed by atoms with E-state index in [4.69, 9.17) is 4.74 Å². The van der Waals surface area contributed by atoms with Crippen molar-refractivity contribution < 1.29 is 27.7 Å². The van der Waals surface area contributed by atoms with E-state index in [1.165, 1.54) is 31.2 Å². The number of alkyl halides is 3. The molecule has 0 unspecified atom stereocenters. The fraction of sp³-hybridized carbons (Fsp3) is 0.400. The van der Waals surface area contributed by atoms with E-state index in [0.717, 1.165) is 0 Å². The highest BCUT2D eigenvalue weighted by Gasteiger charge is 2.64. The molecule has 0 radical (unpaired) electrons. The van der Waals surface area contributed by atoms with Crippen LogP contribution in [-0.4, -0.2) is 12.5 Å². The maximum absolute atomic E-state index is 12.9. The van der Waals surface area contributed by atoms with Crippen LogP contribution >= 0.6 is 0 Å². The maximum atomic E-state index is 12.9. The molecule has 2 rings (SSSR count). The van der Waals surface area contributed by atoms with Crippen molar-refractivity contribution in [3.63, 3.8) is 0 Å². The number of hydrogen-bond acceptors (Lipinski definition) is 3. The van der Waals surface area contributed by atoms with Crippen molar-refractivity contribution >= 4 is 0 Å². The highest BCUT2D eigenvalue weighted by Crippen LogP contribution is 2.47. The van der Waals surface area contributed by atoms with Gasteiger partial charge in [-0.05, 0) is 6.92 Å². The highest BCUT2D eigenvalue weighted by atomic mass is 19.4. The molecule has 16 heavy (non-hydrogen) atoms. The van der Waals surface area contributed by atoms with Crippen LogP contribution in [0.15, 0.2) is 30.3 Å². The summed E-state index contributed by atoms with van der Waals surface area (Å²) in [7, 11) is 0. The van der Waals surface area contributed by atoms with Crippen molar-refractivity contribution in [1.82, 2.24) is 0 Å². The molecule has 0 aromatic heterocycles. The van der Waals surface area contributed by atoms with E-state index in [2.05, 4.69) is 9.78 Å². The number of ether oxygens (including phenoxy) is 1. The van der Waals surface area contributed by atoms with Crippen LogP contribution in [0.5, 0.6) is 0 Å². The van der Waals surface area contributed by atoms with Gasteiger partial charge in [0.15, 0.2) is 6.29 Å². The number of rotatable bonds is 1. The molecular formula is C10H9F3O3. The van der Waals surface area contributed by atoms with Gasteiger partial charge in [0.05, 0.1) is 0 Å². The lowest BCUT2D eigenvalue weighted by Crippen LogP contribution is -2.43. The molecule has 1 fully saturated rings. The molecule has 1 aliphatic heterocycles. The molecule has 0 saturated carbocycles.